The number of hydrogen-bond acceptors (Lipinski definition) is 5. The molecule has 0 aromatic heterocycles. The molecule has 1 atom stereocenters. The van der Waals surface area contributed by atoms with Gasteiger partial charge in [-0.05, 0) is 12.8 Å². The minimum atomic E-state index is -0.906. The molecule has 2 aliphatic rings. The highest BCUT2D eigenvalue weighted by Gasteiger charge is 2.37. The first-order valence-electron chi connectivity index (χ1n) is 6.17. The van der Waals surface area contributed by atoms with Crippen LogP contribution in [-0.2, 0) is 14.4 Å². The molecule has 1 N–H and O–H groups in total. The molecule has 0 radical (unpaired) electrons. The Labute approximate surface area is 105 Å². The summed E-state index contributed by atoms with van der Waals surface area (Å²) in [6.45, 7) is 0.287. The summed E-state index contributed by atoms with van der Waals surface area (Å²) in [5, 5.41) is 11.0. The standard InChI is InChI=1S/C11H18N2O5/c1-17-12-7-6-9(13(16)11(12)15)18-10(14)8-4-2-3-5-8/h8-9,16H,2-7H2,1H3. The van der Waals surface area contributed by atoms with Crippen molar-refractivity contribution in [3.8, 4) is 0 Å². The lowest BCUT2D eigenvalue weighted by Gasteiger charge is -2.35. The molecule has 0 aromatic rings. The summed E-state index contributed by atoms with van der Waals surface area (Å²) in [5.41, 5.74) is 0. The van der Waals surface area contributed by atoms with Crippen LogP contribution in [0.4, 0.5) is 4.79 Å². The molecule has 1 heterocycles. The van der Waals surface area contributed by atoms with Crippen molar-refractivity contribution in [1.82, 2.24) is 10.1 Å². The molecule has 1 aliphatic carbocycles. The second-order valence-corrected chi connectivity index (χ2v) is 4.57. The highest BCUT2D eigenvalue weighted by Crippen LogP contribution is 2.27. The molecule has 2 rings (SSSR count). The molecule has 7 heteroatoms. The number of ether oxygens (including phenoxy) is 1. The number of hydroxylamine groups is 4. The molecule has 102 valence electrons. The summed E-state index contributed by atoms with van der Waals surface area (Å²) in [6.07, 6.45) is 3.14. The van der Waals surface area contributed by atoms with E-state index in [1.165, 1.54) is 7.11 Å². The van der Waals surface area contributed by atoms with Gasteiger partial charge in [-0.25, -0.2) is 9.86 Å². The number of esters is 1. The SMILES string of the molecule is CON1CCC(OC(=O)C2CCCC2)N(O)C1=O. The quantitative estimate of drug-likeness (QED) is 0.606. The van der Waals surface area contributed by atoms with Crippen LogP contribution in [0.3, 0.4) is 0 Å². The summed E-state index contributed by atoms with van der Waals surface area (Å²) in [4.78, 5) is 28.1. The van der Waals surface area contributed by atoms with Crippen molar-refractivity contribution in [3.05, 3.63) is 0 Å². The van der Waals surface area contributed by atoms with Crippen LogP contribution in [0.1, 0.15) is 32.1 Å². The Hall–Kier alpha value is -1.34. The molecule has 0 spiro atoms. The fraction of sp³-hybridized carbons (Fsp3) is 0.818. The van der Waals surface area contributed by atoms with E-state index < -0.39 is 12.3 Å². The Kier molecular flexibility index (Phi) is 4.03. The van der Waals surface area contributed by atoms with Gasteiger partial charge in [-0.15, -0.1) is 0 Å². The largest absolute Gasteiger partial charge is 0.439 e. The average molecular weight is 258 g/mol. The van der Waals surface area contributed by atoms with Crippen LogP contribution in [0, 0.1) is 5.92 Å². The van der Waals surface area contributed by atoms with Gasteiger partial charge in [0, 0.05) is 6.42 Å². The number of urea groups is 1. The molecule has 0 bridgehead atoms. The van der Waals surface area contributed by atoms with Gasteiger partial charge in [-0.3, -0.25) is 14.8 Å². The highest BCUT2D eigenvalue weighted by molar-refractivity contribution is 5.75. The second-order valence-electron chi connectivity index (χ2n) is 4.57. The number of carbonyl (C=O) groups is 2. The van der Waals surface area contributed by atoms with E-state index in [0.717, 1.165) is 30.7 Å². The molecule has 1 saturated heterocycles. The Balaban J connectivity index is 1.89. The Bertz CT molecular complexity index is 329. The van der Waals surface area contributed by atoms with Crippen molar-refractivity contribution >= 4 is 12.0 Å². The van der Waals surface area contributed by atoms with E-state index in [1.807, 2.05) is 0 Å². The van der Waals surface area contributed by atoms with Crippen LogP contribution in [0.5, 0.6) is 0 Å². The summed E-state index contributed by atoms with van der Waals surface area (Å²) in [6, 6.07) is -0.715. The molecule has 1 saturated carbocycles. The van der Waals surface area contributed by atoms with E-state index in [0.29, 0.717) is 11.5 Å². The highest BCUT2D eigenvalue weighted by atomic mass is 16.7. The van der Waals surface area contributed by atoms with Crippen LogP contribution < -0.4 is 0 Å². The maximum Gasteiger partial charge on any atom is 0.371 e. The zero-order chi connectivity index (χ0) is 13.1. The first-order valence-corrected chi connectivity index (χ1v) is 6.17. The molecule has 2 amide bonds. The lowest BCUT2D eigenvalue weighted by Crippen LogP contribution is -2.54. The number of amides is 2. The molecule has 0 aromatic carbocycles. The maximum atomic E-state index is 11.8. The summed E-state index contributed by atoms with van der Waals surface area (Å²) < 4.78 is 5.18. The zero-order valence-corrected chi connectivity index (χ0v) is 10.4. The average Bonchev–Trinajstić information content (AvgIpc) is 2.89. The molecule has 1 aliphatic heterocycles. The second kappa shape index (κ2) is 5.53. The third kappa shape index (κ3) is 2.56. The van der Waals surface area contributed by atoms with Gasteiger partial charge < -0.3 is 4.74 Å². The predicted octanol–water partition coefficient (Wildman–Crippen LogP) is 1.12. The summed E-state index contributed by atoms with van der Waals surface area (Å²) >= 11 is 0. The van der Waals surface area contributed by atoms with Crippen molar-refractivity contribution in [2.45, 2.75) is 38.3 Å². The fourth-order valence-corrected chi connectivity index (χ4v) is 2.35. The van der Waals surface area contributed by atoms with E-state index in [-0.39, 0.29) is 18.4 Å². The van der Waals surface area contributed by atoms with Gasteiger partial charge >= 0.3 is 12.0 Å². The molecular formula is C11H18N2O5. The molecule has 1 unspecified atom stereocenters. The topological polar surface area (TPSA) is 79.3 Å². The molecule has 18 heavy (non-hydrogen) atoms. The monoisotopic (exact) mass is 258 g/mol. The van der Waals surface area contributed by atoms with Gasteiger partial charge in [0.2, 0.25) is 6.23 Å². The van der Waals surface area contributed by atoms with E-state index in [9.17, 15) is 14.8 Å². The lowest BCUT2D eigenvalue weighted by atomic mass is 10.1. The Morgan fingerprint density at radius 1 is 1.33 bits per heavy atom. The van der Waals surface area contributed by atoms with Crippen LogP contribution >= 0.6 is 0 Å². The third-order valence-electron chi connectivity index (χ3n) is 3.42. The van der Waals surface area contributed by atoms with Crippen LogP contribution in [0.15, 0.2) is 0 Å². The number of carbonyl (C=O) groups excluding carboxylic acids is 2. The summed E-state index contributed by atoms with van der Waals surface area (Å²) in [7, 11) is 1.34. The van der Waals surface area contributed by atoms with E-state index in [2.05, 4.69) is 0 Å². The Morgan fingerprint density at radius 3 is 2.61 bits per heavy atom. The van der Waals surface area contributed by atoms with Crippen molar-refractivity contribution < 1.29 is 24.4 Å². The first-order chi connectivity index (χ1) is 8.63. The van der Waals surface area contributed by atoms with E-state index in [1.54, 1.807) is 0 Å². The van der Waals surface area contributed by atoms with Gasteiger partial charge in [-0.1, -0.05) is 12.8 Å². The zero-order valence-electron chi connectivity index (χ0n) is 10.4. The van der Waals surface area contributed by atoms with Crippen LogP contribution in [0.25, 0.3) is 0 Å². The van der Waals surface area contributed by atoms with Crippen molar-refractivity contribution in [3.63, 3.8) is 0 Å². The number of nitrogens with zero attached hydrogens (tertiary/aromatic N) is 2. The normalized spacial score (nSPS) is 25.7. The Morgan fingerprint density at radius 2 is 2.00 bits per heavy atom. The minimum absolute atomic E-state index is 0.0889. The van der Waals surface area contributed by atoms with Gasteiger partial charge in [0.05, 0.1) is 19.6 Å². The molecule has 7 nitrogen and oxygen atoms in total. The first kappa shape index (κ1) is 13.1. The van der Waals surface area contributed by atoms with Crippen LogP contribution in [-0.4, -0.2) is 47.2 Å². The van der Waals surface area contributed by atoms with Crippen LogP contribution in [0.2, 0.25) is 0 Å². The van der Waals surface area contributed by atoms with Gasteiger partial charge in [0.25, 0.3) is 0 Å². The fourth-order valence-electron chi connectivity index (χ4n) is 2.35. The van der Waals surface area contributed by atoms with E-state index >= 15 is 0 Å². The molecular weight excluding hydrogens is 240 g/mol. The summed E-state index contributed by atoms with van der Waals surface area (Å²) in [5.74, 6) is -0.413. The van der Waals surface area contributed by atoms with Crippen molar-refractivity contribution in [2.24, 2.45) is 5.92 Å². The number of hydrogen-bond donors (Lipinski definition) is 1. The van der Waals surface area contributed by atoms with Crippen molar-refractivity contribution in [2.75, 3.05) is 13.7 Å². The van der Waals surface area contributed by atoms with Gasteiger partial charge in [0.15, 0.2) is 0 Å². The van der Waals surface area contributed by atoms with Gasteiger partial charge in [0.1, 0.15) is 0 Å². The minimum Gasteiger partial charge on any atom is -0.439 e. The number of rotatable bonds is 3. The maximum absolute atomic E-state index is 11.8. The molecule has 2 fully saturated rings. The smallest absolute Gasteiger partial charge is 0.371 e. The van der Waals surface area contributed by atoms with Crippen molar-refractivity contribution in [1.29, 1.82) is 0 Å². The van der Waals surface area contributed by atoms with Gasteiger partial charge in [-0.2, -0.15) is 5.06 Å². The lowest BCUT2D eigenvalue weighted by molar-refractivity contribution is -0.235. The van der Waals surface area contributed by atoms with E-state index in [4.69, 9.17) is 9.57 Å². The predicted molar refractivity (Wildman–Crippen MR) is 59.2 cm³/mol. The third-order valence-corrected chi connectivity index (χ3v) is 3.42.